The van der Waals surface area contributed by atoms with Gasteiger partial charge in [-0.25, -0.2) is 0 Å². The van der Waals surface area contributed by atoms with E-state index in [1.54, 1.807) is 5.57 Å². The molecule has 30 heavy (non-hydrogen) atoms. The van der Waals surface area contributed by atoms with Gasteiger partial charge in [0.25, 0.3) is 0 Å². The van der Waals surface area contributed by atoms with Crippen LogP contribution in [0, 0.1) is 39.9 Å². The van der Waals surface area contributed by atoms with Gasteiger partial charge in [-0.2, -0.15) is 0 Å². The summed E-state index contributed by atoms with van der Waals surface area (Å²) >= 11 is 0. The summed E-state index contributed by atoms with van der Waals surface area (Å²) in [5, 5.41) is 0. The van der Waals surface area contributed by atoms with Crippen LogP contribution in [-0.4, -0.2) is 17.9 Å². The summed E-state index contributed by atoms with van der Waals surface area (Å²) < 4.78 is 5.59. The summed E-state index contributed by atoms with van der Waals surface area (Å²) in [5.41, 5.74) is 1.81. The summed E-state index contributed by atoms with van der Waals surface area (Å²) in [4.78, 5) is 24.6. The summed E-state index contributed by atoms with van der Waals surface area (Å²) in [7, 11) is 0. The SMILES string of the molecule is CC(=O)O[C@H]1CC[C@@]2(C)C(=CC[C@@H]3[C@@H]2CC[C@@]2(C)[C@H]3C[C@H]3CC=CC[C@]32C(C)=O)C1. The van der Waals surface area contributed by atoms with Crippen molar-refractivity contribution in [2.75, 3.05) is 0 Å². The third kappa shape index (κ3) is 2.56. The number of carbonyl (C=O) groups excluding carboxylic acids is 2. The molecular weight excluding hydrogens is 372 g/mol. The molecule has 0 heterocycles. The lowest BCUT2D eigenvalue weighted by Crippen LogP contribution is -2.55. The van der Waals surface area contributed by atoms with E-state index in [2.05, 4.69) is 32.1 Å². The van der Waals surface area contributed by atoms with Crippen molar-refractivity contribution in [1.82, 2.24) is 0 Å². The van der Waals surface area contributed by atoms with E-state index >= 15 is 0 Å². The second-order valence-electron chi connectivity index (χ2n) is 11.6. The van der Waals surface area contributed by atoms with Crippen molar-refractivity contribution in [3.05, 3.63) is 23.8 Å². The van der Waals surface area contributed by atoms with E-state index in [-0.39, 0.29) is 28.3 Å². The molecule has 3 saturated carbocycles. The molecule has 164 valence electrons. The Morgan fingerprint density at radius 2 is 1.83 bits per heavy atom. The van der Waals surface area contributed by atoms with Crippen LogP contribution in [0.4, 0.5) is 0 Å². The second-order valence-corrected chi connectivity index (χ2v) is 11.6. The van der Waals surface area contributed by atoms with Crippen molar-refractivity contribution in [3.63, 3.8) is 0 Å². The lowest BCUT2D eigenvalue weighted by molar-refractivity contribution is -0.150. The number of Topliss-reactive ketones (excluding diaryl/α,β-unsaturated/α-hetero) is 1. The Labute approximate surface area is 181 Å². The number of hydrogen-bond donors (Lipinski definition) is 0. The summed E-state index contributed by atoms with van der Waals surface area (Å²) in [6.07, 6.45) is 17.1. The van der Waals surface area contributed by atoms with Crippen LogP contribution in [0.15, 0.2) is 23.8 Å². The molecule has 0 bridgehead atoms. The number of esters is 1. The first-order valence-corrected chi connectivity index (χ1v) is 12.2. The van der Waals surface area contributed by atoms with Crippen LogP contribution in [-0.2, 0) is 14.3 Å². The van der Waals surface area contributed by atoms with Crippen molar-refractivity contribution >= 4 is 11.8 Å². The molecule has 5 aliphatic carbocycles. The highest BCUT2D eigenvalue weighted by molar-refractivity contribution is 5.85. The monoisotopic (exact) mass is 410 g/mol. The van der Waals surface area contributed by atoms with E-state index in [1.165, 1.54) is 26.2 Å². The molecule has 0 aromatic rings. The first kappa shape index (κ1) is 20.5. The van der Waals surface area contributed by atoms with Gasteiger partial charge in [-0.05, 0) is 92.8 Å². The number of carbonyl (C=O) groups is 2. The topological polar surface area (TPSA) is 43.4 Å². The molecule has 5 rings (SSSR count). The molecule has 0 N–H and O–H groups in total. The maximum absolute atomic E-state index is 13.2. The summed E-state index contributed by atoms with van der Waals surface area (Å²) in [6, 6.07) is 0. The summed E-state index contributed by atoms with van der Waals surface area (Å²) in [5.74, 6) is 2.90. The highest BCUT2D eigenvalue weighted by Crippen LogP contribution is 2.73. The van der Waals surface area contributed by atoms with Gasteiger partial charge in [0.15, 0.2) is 0 Å². The van der Waals surface area contributed by atoms with Gasteiger partial charge in [-0.1, -0.05) is 37.6 Å². The third-order valence-electron chi connectivity index (χ3n) is 10.7. The van der Waals surface area contributed by atoms with E-state index in [1.807, 2.05) is 6.92 Å². The van der Waals surface area contributed by atoms with Gasteiger partial charge >= 0.3 is 5.97 Å². The molecule has 0 aromatic carbocycles. The second kappa shape index (κ2) is 6.81. The molecule has 0 spiro atoms. The van der Waals surface area contributed by atoms with Crippen LogP contribution in [0.5, 0.6) is 0 Å². The van der Waals surface area contributed by atoms with E-state index in [0.717, 1.165) is 38.5 Å². The molecule has 0 unspecified atom stereocenters. The zero-order valence-corrected chi connectivity index (χ0v) is 19.2. The first-order valence-electron chi connectivity index (χ1n) is 12.2. The zero-order chi connectivity index (χ0) is 21.3. The molecule has 0 amide bonds. The van der Waals surface area contributed by atoms with Gasteiger partial charge in [0, 0.05) is 18.8 Å². The molecule has 0 saturated heterocycles. The molecule has 0 radical (unpaired) electrons. The van der Waals surface area contributed by atoms with Gasteiger partial charge < -0.3 is 4.74 Å². The average molecular weight is 411 g/mol. The number of allylic oxidation sites excluding steroid dienone is 3. The smallest absolute Gasteiger partial charge is 0.302 e. The largest absolute Gasteiger partial charge is 0.462 e. The van der Waals surface area contributed by atoms with E-state index in [0.29, 0.717) is 29.5 Å². The predicted molar refractivity (Wildman–Crippen MR) is 118 cm³/mol. The van der Waals surface area contributed by atoms with Gasteiger partial charge in [0.2, 0.25) is 0 Å². The average Bonchev–Trinajstić information content (AvgIpc) is 2.98. The molecule has 3 fully saturated rings. The van der Waals surface area contributed by atoms with Crippen LogP contribution < -0.4 is 0 Å². The molecule has 5 aliphatic rings. The van der Waals surface area contributed by atoms with Crippen molar-refractivity contribution in [1.29, 1.82) is 0 Å². The lowest BCUT2D eigenvalue weighted by atomic mass is 9.44. The highest BCUT2D eigenvalue weighted by atomic mass is 16.5. The normalized spacial score (nSPS) is 49.2. The lowest BCUT2D eigenvalue weighted by Gasteiger charge is -2.60. The molecule has 0 aliphatic heterocycles. The van der Waals surface area contributed by atoms with Crippen molar-refractivity contribution in [2.24, 2.45) is 39.9 Å². The number of rotatable bonds is 2. The standard InChI is InChI=1S/C27H38O3/c1-17(28)27-12-6-5-7-20(27)16-24-22-9-8-19-15-21(30-18(2)29)10-13-25(19,3)23(22)11-14-26(24,27)4/h5-6,8,20-24H,7,9-16H2,1-4H3/t20-,21+,22-,23+,24+,25+,26+,27+/m1/s1. The number of hydrogen-bond acceptors (Lipinski definition) is 3. The fourth-order valence-corrected chi connectivity index (χ4v) is 9.31. The maximum Gasteiger partial charge on any atom is 0.302 e. The van der Waals surface area contributed by atoms with Crippen molar-refractivity contribution in [2.45, 2.75) is 91.6 Å². The van der Waals surface area contributed by atoms with Gasteiger partial charge in [0.1, 0.15) is 11.9 Å². The van der Waals surface area contributed by atoms with E-state index < -0.39 is 0 Å². The van der Waals surface area contributed by atoms with Crippen molar-refractivity contribution in [3.8, 4) is 0 Å². The van der Waals surface area contributed by atoms with E-state index in [4.69, 9.17) is 4.74 Å². The Balaban J connectivity index is 1.47. The number of ether oxygens (including phenoxy) is 1. The highest BCUT2D eigenvalue weighted by Gasteiger charge is 2.68. The van der Waals surface area contributed by atoms with Crippen LogP contribution in [0.3, 0.4) is 0 Å². The van der Waals surface area contributed by atoms with Crippen LogP contribution in [0.1, 0.15) is 85.5 Å². The van der Waals surface area contributed by atoms with Gasteiger partial charge in [-0.3, -0.25) is 9.59 Å². The summed E-state index contributed by atoms with van der Waals surface area (Å²) in [6.45, 7) is 8.38. The minimum atomic E-state index is -0.150. The van der Waals surface area contributed by atoms with Crippen LogP contribution >= 0.6 is 0 Å². The molecule has 8 atom stereocenters. The molecule has 3 nitrogen and oxygen atoms in total. The van der Waals surface area contributed by atoms with Crippen LogP contribution in [0.25, 0.3) is 0 Å². The fraction of sp³-hybridized carbons (Fsp3) is 0.778. The van der Waals surface area contributed by atoms with Gasteiger partial charge in [0.05, 0.1) is 0 Å². The first-order chi connectivity index (χ1) is 14.2. The molecule has 3 heteroatoms. The van der Waals surface area contributed by atoms with Crippen molar-refractivity contribution < 1.29 is 14.3 Å². The Morgan fingerprint density at radius 1 is 1.03 bits per heavy atom. The quantitative estimate of drug-likeness (QED) is 0.412. The minimum absolute atomic E-state index is 0.0636. The predicted octanol–water partition coefficient (Wildman–Crippen LogP) is 6.03. The molecular formula is C27H38O3. The number of fused-ring (bicyclic) bond motifs is 7. The number of ketones is 1. The fourth-order valence-electron chi connectivity index (χ4n) is 9.31. The molecule has 0 aromatic heterocycles. The third-order valence-corrected chi connectivity index (χ3v) is 10.7. The Hall–Kier alpha value is -1.38. The van der Waals surface area contributed by atoms with Gasteiger partial charge in [-0.15, -0.1) is 0 Å². The Kier molecular flexibility index (Phi) is 4.66. The Bertz CT molecular complexity index is 824. The zero-order valence-electron chi connectivity index (χ0n) is 19.2. The maximum atomic E-state index is 13.2. The van der Waals surface area contributed by atoms with Crippen LogP contribution in [0.2, 0.25) is 0 Å². The van der Waals surface area contributed by atoms with E-state index in [9.17, 15) is 9.59 Å². The minimum Gasteiger partial charge on any atom is -0.462 e. The Morgan fingerprint density at radius 3 is 2.57 bits per heavy atom.